The van der Waals surface area contributed by atoms with Crippen molar-refractivity contribution >= 4 is 17.7 Å². The molecule has 3 rings (SSSR count). The molecule has 2 saturated heterocycles. The molecule has 1 amide bonds. The smallest absolute Gasteiger partial charge is 0.231 e. The Morgan fingerprint density at radius 1 is 1.37 bits per heavy atom. The van der Waals surface area contributed by atoms with Gasteiger partial charge in [0.15, 0.2) is 0 Å². The van der Waals surface area contributed by atoms with E-state index < -0.39 is 0 Å². The lowest BCUT2D eigenvalue weighted by Crippen LogP contribution is -2.46. The topological polar surface area (TPSA) is 73.4 Å². The van der Waals surface area contributed by atoms with Crippen molar-refractivity contribution in [3.63, 3.8) is 0 Å². The van der Waals surface area contributed by atoms with Gasteiger partial charge in [0.1, 0.15) is 5.75 Å². The largest absolute Gasteiger partial charge is 0.508 e. The molecule has 19 heavy (non-hydrogen) atoms. The molecular formula is C13H17N3O2S. The maximum atomic E-state index is 11.7. The number of phenols is 1. The van der Waals surface area contributed by atoms with Crippen LogP contribution in [-0.2, 0) is 4.79 Å². The fourth-order valence-electron chi connectivity index (χ4n) is 2.78. The van der Waals surface area contributed by atoms with E-state index >= 15 is 0 Å². The van der Waals surface area contributed by atoms with Crippen LogP contribution in [0.3, 0.4) is 0 Å². The number of carbonyl (C=O) groups is 1. The summed E-state index contributed by atoms with van der Waals surface area (Å²) >= 11 is 1.63. The first-order valence-corrected chi connectivity index (χ1v) is 7.41. The zero-order chi connectivity index (χ0) is 13.4. The Morgan fingerprint density at radius 2 is 2.21 bits per heavy atom. The van der Waals surface area contributed by atoms with Crippen LogP contribution in [0.1, 0.15) is 17.7 Å². The number of aromatic hydroxyl groups is 1. The molecule has 0 bridgehead atoms. The Labute approximate surface area is 116 Å². The van der Waals surface area contributed by atoms with Crippen LogP contribution in [0.15, 0.2) is 24.3 Å². The summed E-state index contributed by atoms with van der Waals surface area (Å²) in [4.78, 5) is 11.7. The predicted octanol–water partition coefficient (Wildman–Crippen LogP) is 0.735. The van der Waals surface area contributed by atoms with E-state index in [1.165, 1.54) is 0 Å². The van der Waals surface area contributed by atoms with E-state index in [0.717, 1.165) is 5.56 Å². The highest BCUT2D eigenvalue weighted by Crippen LogP contribution is 2.42. The van der Waals surface area contributed by atoms with Gasteiger partial charge >= 0.3 is 0 Å². The van der Waals surface area contributed by atoms with Crippen LogP contribution in [0.2, 0.25) is 0 Å². The van der Waals surface area contributed by atoms with Crippen LogP contribution < -0.4 is 16.2 Å². The number of hydrogen-bond donors (Lipinski definition) is 4. The Hall–Kier alpha value is -1.24. The van der Waals surface area contributed by atoms with Crippen molar-refractivity contribution in [3.8, 4) is 5.75 Å². The summed E-state index contributed by atoms with van der Waals surface area (Å²) in [6.07, 6.45) is -0.0650. The van der Waals surface area contributed by atoms with E-state index in [1.807, 2.05) is 12.1 Å². The first-order valence-electron chi connectivity index (χ1n) is 6.36. The highest BCUT2D eigenvalue weighted by Gasteiger charge is 2.42. The third-order valence-electron chi connectivity index (χ3n) is 3.69. The summed E-state index contributed by atoms with van der Waals surface area (Å²) in [7, 11) is 0. The lowest BCUT2D eigenvalue weighted by atomic mass is 9.91. The first-order chi connectivity index (χ1) is 9.15. The second-order valence-electron chi connectivity index (χ2n) is 5.03. The van der Waals surface area contributed by atoms with Gasteiger partial charge in [-0.2, -0.15) is 0 Å². The van der Waals surface area contributed by atoms with Gasteiger partial charge < -0.3 is 10.4 Å². The van der Waals surface area contributed by atoms with E-state index in [-0.39, 0.29) is 35.0 Å². The van der Waals surface area contributed by atoms with Crippen LogP contribution in [0.4, 0.5) is 0 Å². The SMILES string of the molecule is CC1NNC2NC(=O)CSC(c3cccc(O)c3)C12. The van der Waals surface area contributed by atoms with Gasteiger partial charge in [0.25, 0.3) is 0 Å². The second-order valence-corrected chi connectivity index (χ2v) is 6.16. The number of phenolic OH excluding ortho intramolecular Hbond substituents is 1. The average molecular weight is 279 g/mol. The molecule has 5 nitrogen and oxygen atoms in total. The van der Waals surface area contributed by atoms with Crippen molar-refractivity contribution in [1.29, 1.82) is 0 Å². The number of amides is 1. The number of rotatable bonds is 1. The van der Waals surface area contributed by atoms with Gasteiger partial charge in [-0.1, -0.05) is 12.1 Å². The maximum Gasteiger partial charge on any atom is 0.231 e. The van der Waals surface area contributed by atoms with Gasteiger partial charge in [-0.25, -0.2) is 5.43 Å². The minimum Gasteiger partial charge on any atom is -0.508 e. The molecule has 0 aromatic heterocycles. The van der Waals surface area contributed by atoms with Crippen LogP contribution >= 0.6 is 11.8 Å². The highest BCUT2D eigenvalue weighted by atomic mass is 32.2. The van der Waals surface area contributed by atoms with Crippen molar-refractivity contribution in [1.82, 2.24) is 16.2 Å². The molecule has 4 unspecified atom stereocenters. The monoisotopic (exact) mass is 279 g/mol. The van der Waals surface area contributed by atoms with Crippen LogP contribution in [0.25, 0.3) is 0 Å². The molecule has 2 aliphatic heterocycles. The molecule has 0 aliphatic carbocycles. The average Bonchev–Trinajstić information content (AvgIpc) is 2.64. The molecule has 0 saturated carbocycles. The summed E-state index contributed by atoms with van der Waals surface area (Å²) in [5.41, 5.74) is 7.38. The molecule has 0 spiro atoms. The molecule has 0 radical (unpaired) electrons. The minimum absolute atomic E-state index is 0.0473. The molecule has 4 N–H and O–H groups in total. The van der Waals surface area contributed by atoms with Gasteiger partial charge in [-0.3, -0.25) is 10.2 Å². The Bertz CT molecular complexity index is 497. The zero-order valence-corrected chi connectivity index (χ0v) is 11.4. The molecule has 102 valence electrons. The number of hydrogen-bond acceptors (Lipinski definition) is 5. The lowest BCUT2D eigenvalue weighted by Gasteiger charge is -2.27. The van der Waals surface area contributed by atoms with E-state index in [1.54, 1.807) is 23.9 Å². The predicted molar refractivity (Wildman–Crippen MR) is 74.5 cm³/mol. The first kappa shape index (κ1) is 12.8. The van der Waals surface area contributed by atoms with Gasteiger partial charge in [-0.15, -0.1) is 11.8 Å². The molecule has 6 heteroatoms. The molecule has 1 aromatic rings. The summed E-state index contributed by atoms with van der Waals surface area (Å²) in [6, 6.07) is 7.56. The van der Waals surface area contributed by atoms with E-state index in [9.17, 15) is 9.90 Å². The number of carbonyl (C=O) groups excluding carboxylic acids is 1. The van der Waals surface area contributed by atoms with Crippen LogP contribution in [0.5, 0.6) is 5.75 Å². The Balaban J connectivity index is 1.95. The Kier molecular flexibility index (Phi) is 3.38. The number of hydrazine groups is 1. The van der Waals surface area contributed by atoms with Crippen molar-refractivity contribution < 1.29 is 9.90 Å². The molecule has 1 aromatic carbocycles. The van der Waals surface area contributed by atoms with Crippen LogP contribution in [-0.4, -0.2) is 29.0 Å². The third kappa shape index (κ3) is 2.43. The molecular weight excluding hydrogens is 262 g/mol. The molecule has 2 heterocycles. The standard InChI is InChI=1S/C13H17N3O2S/c1-7-11-12(8-3-2-4-9(17)5-8)19-6-10(18)14-13(11)16-15-7/h2-5,7,11-13,15-17H,6H2,1H3,(H,14,18). The van der Waals surface area contributed by atoms with Crippen LogP contribution in [0, 0.1) is 5.92 Å². The lowest BCUT2D eigenvalue weighted by molar-refractivity contribution is -0.119. The van der Waals surface area contributed by atoms with Gasteiger partial charge in [-0.05, 0) is 24.6 Å². The summed E-state index contributed by atoms with van der Waals surface area (Å²) in [6.45, 7) is 2.10. The van der Waals surface area contributed by atoms with Gasteiger partial charge in [0, 0.05) is 17.2 Å². The van der Waals surface area contributed by atoms with E-state index in [4.69, 9.17) is 0 Å². The minimum atomic E-state index is -0.0650. The van der Waals surface area contributed by atoms with Gasteiger partial charge in [0.05, 0.1) is 11.9 Å². The highest BCUT2D eigenvalue weighted by molar-refractivity contribution is 8.00. The molecule has 2 aliphatic rings. The summed E-state index contributed by atoms with van der Waals surface area (Å²) in [5.74, 6) is 1.01. The number of fused-ring (bicyclic) bond motifs is 1. The maximum absolute atomic E-state index is 11.7. The number of benzene rings is 1. The summed E-state index contributed by atoms with van der Waals surface area (Å²) < 4.78 is 0. The normalized spacial score (nSPS) is 34.5. The second kappa shape index (κ2) is 5.03. The Morgan fingerprint density at radius 3 is 3.00 bits per heavy atom. The van der Waals surface area contributed by atoms with Crippen molar-refractivity contribution in [2.24, 2.45) is 5.92 Å². The molecule has 2 fully saturated rings. The van der Waals surface area contributed by atoms with Crippen molar-refractivity contribution in [2.75, 3.05) is 5.75 Å². The fraction of sp³-hybridized carbons (Fsp3) is 0.462. The molecule has 4 atom stereocenters. The van der Waals surface area contributed by atoms with Crippen molar-refractivity contribution in [2.45, 2.75) is 24.4 Å². The third-order valence-corrected chi connectivity index (χ3v) is 5.06. The number of thioether (sulfide) groups is 1. The van der Waals surface area contributed by atoms with Crippen molar-refractivity contribution in [3.05, 3.63) is 29.8 Å². The summed E-state index contributed by atoms with van der Waals surface area (Å²) in [5, 5.41) is 12.8. The number of nitrogens with one attached hydrogen (secondary N) is 3. The zero-order valence-electron chi connectivity index (χ0n) is 10.6. The quantitative estimate of drug-likeness (QED) is 0.610. The van der Waals surface area contributed by atoms with E-state index in [0.29, 0.717) is 5.75 Å². The van der Waals surface area contributed by atoms with E-state index in [2.05, 4.69) is 23.1 Å². The van der Waals surface area contributed by atoms with Gasteiger partial charge in [0.2, 0.25) is 5.91 Å². The fourth-order valence-corrected chi connectivity index (χ4v) is 4.15.